The zero-order valence-electron chi connectivity index (χ0n) is 17.8. The number of hydrogen-bond acceptors (Lipinski definition) is 7. The normalized spacial score (nSPS) is 16.3. The summed E-state index contributed by atoms with van der Waals surface area (Å²) in [5.41, 5.74) is 2.90. The molecule has 0 saturated carbocycles. The van der Waals surface area contributed by atoms with Crippen LogP contribution in [0, 0.1) is 5.92 Å². The maximum atomic E-state index is 12.7. The van der Waals surface area contributed by atoms with E-state index in [0.717, 1.165) is 52.0 Å². The van der Waals surface area contributed by atoms with E-state index < -0.39 is 0 Å². The number of amides is 1. The average Bonchev–Trinajstić information content (AvgIpc) is 3.43. The van der Waals surface area contributed by atoms with Gasteiger partial charge in [0.1, 0.15) is 5.75 Å². The average molecular weight is 449 g/mol. The molecule has 1 aliphatic rings. The molecule has 164 valence electrons. The lowest BCUT2D eigenvalue weighted by molar-refractivity contribution is -0.125. The molecule has 1 aromatic carbocycles. The Kier molecular flexibility index (Phi) is 5.72. The van der Waals surface area contributed by atoms with Crippen LogP contribution in [-0.2, 0) is 11.3 Å². The van der Waals surface area contributed by atoms with Gasteiger partial charge in [-0.15, -0.1) is 5.10 Å². The number of carbonyl (C=O) groups excluding carboxylic acids is 1. The first kappa shape index (κ1) is 20.4. The number of aromatic nitrogens is 4. The van der Waals surface area contributed by atoms with Crippen molar-refractivity contribution >= 4 is 27.3 Å². The summed E-state index contributed by atoms with van der Waals surface area (Å²) >= 11 is 1.55. The van der Waals surface area contributed by atoms with E-state index in [4.69, 9.17) is 14.8 Å². The fourth-order valence-electron chi connectivity index (χ4n) is 3.92. The van der Waals surface area contributed by atoms with Crippen LogP contribution < -0.4 is 15.0 Å². The summed E-state index contributed by atoms with van der Waals surface area (Å²) in [5, 5.41) is 8.69. The van der Waals surface area contributed by atoms with Crippen LogP contribution in [0.2, 0.25) is 0 Å². The van der Waals surface area contributed by atoms with Crippen LogP contribution in [0.5, 0.6) is 5.75 Å². The number of carbonyl (C=O) groups is 1. The highest BCUT2D eigenvalue weighted by molar-refractivity contribution is 7.20. The maximum absolute atomic E-state index is 12.7. The van der Waals surface area contributed by atoms with Crippen molar-refractivity contribution < 1.29 is 9.53 Å². The van der Waals surface area contributed by atoms with E-state index >= 15 is 0 Å². The molecule has 1 fully saturated rings. The third kappa shape index (κ3) is 4.29. The monoisotopic (exact) mass is 448 g/mol. The standard InChI is InChI=1S/C23H24N6O2S/c1-31-19-8-6-17(7-9-19)20-15-29-22(26-20)32-23(27-29)28-11-3-5-18(14-28)21(30)25-13-16-4-2-10-24-12-16/h2,4,6-10,12,15,18H,3,5,11,13-14H2,1H3,(H,25,30)/t18-/m1/s1. The van der Waals surface area contributed by atoms with Crippen molar-refractivity contribution in [2.75, 3.05) is 25.1 Å². The van der Waals surface area contributed by atoms with Gasteiger partial charge in [0.15, 0.2) is 0 Å². The smallest absolute Gasteiger partial charge is 0.225 e. The Hall–Kier alpha value is -3.46. The number of ether oxygens (including phenoxy) is 1. The number of hydrogen-bond donors (Lipinski definition) is 1. The van der Waals surface area contributed by atoms with Gasteiger partial charge in [-0.1, -0.05) is 17.4 Å². The highest BCUT2D eigenvalue weighted by Gasteiger charge is 2.27. The number of piperidine rings is 1. The van der Waals surface area contributed by atoms with Gasteiger partial charge in [0.2, 0.25) is 16.0 Å². The van der Waals surface area contributed by atoms with E-state index in [1.54, 1.807) is 30.8 Å². The molecule has 3 aromatic heterocycles. The number of methoxy groups -OCH3 is 1. The lowest BCUT2D eigenvalue weighted by Gasteiger charge is -2.31. The van der Waals surface area contributed by atoms with Gasteiger partial charge in [-0.2, -0.15) is 0 Å². The maximum Gasteiger partial charge on any atom is 0.225 e. The second kappa shape index (κ2) is 8.96. The van der Waals surface area contributed by atoms with Crippen molar-refractivity contribution in [1.29, 1.82) is 0 Å². The zero-order chi connectivity index (χ0) is 21.9. The van der Waals surface area contributed by atoms with Crippen molar-refractivity contribution in [3.05, 3.63) is 60.6 Å². The molecule has 4 aromatic rings. The number of nitrogens with one attached hydrogen (secondary N) is 1. The van der Waals surface area contributed by atoms with E-state index in [9.17, 15) is 4.79 Å². The predicted octanol–water partition coefficient (Wildman–Crippen LogP) is 3.39. The molecular weight excluding hydrogens is 424 g/mol. The molecule has 1 aliphatic heterocycles. The van der Waals surface area contributed by atoms with Crippen LogP contribution in [0.1, 0.15) is 18.4 Å². The van der Waals surface area contributed by atoms with Gasteiger partial charge in [0.05, 0.1) is 24.9 Å². The molecule has 0 aliphatic carbocycles. The molecule has 1 saturated heterocycles. The Morgan fingerprint density at radius 3 is 2.91 bits per heavy atom. The molecule has 1 N–H and O–H groups in total. The number of fused-ring (bicyclic) bond motifs is 1. The molecule has 4 heterocycles. The van der Waals surface area contributed by atoms with E-state index in [1.165, 1.54) is 0 Å². The molecular formula is C23H24N6O2S. The topological polar surface area (TPSA) is 84.7 Å². The van der Waals surface area contributed by atoms with E-state index in [-0.39, 0.29) is 11.8 Å². The van der Waals surface area contributed by atoms with Crippen molar-refractivity contribution in [2.45, 2.75) is 19.4 Å². The largest absolute Gasteiger partial charge is 0.497 e. The summed E-state index contributed by atoms with van der Waals surface area (Å²) in [7, 11) is 1.66. The molecule has 0 bridgehead atoms. The van der Waals surface area contributed by atoms with Crippen LogP contribution in [0.25, 0.3) is 16.2 Å². The third-order valence-corrected chi connectivity index (χ3v) is 6.65. The number of anilines is 1. The van der Waals surface area contributed by atoms with E-state index in [1.807, 2.05) is 47.1 Å². The quantitative estimate of drug-likeness (QED) is 0.487. The SMILES string of the molecule is COc1ccc(-c2cn3nc(N4CCC[C@@H](C(=O)NCc5cccnc5)C4)sc3n2)cc1. The second-order valence-electron chi connectivity index (χ2n) is 7.83. The molecule has 0 spiro atoms. The fraction of sp³-hybridized carbons (Fsp3) is 0.304. The highest BCUT2D eigenvalue weighted by Crippen LogP contribution is 2.30. The van der Waals surface area contributed by atoms with Crippen LogP contribution >= 0.6 is 11.3 Å². The predicted molar refractivity (Wildman–Crippen MR) is 124 cm³/mol. The number of rotatable bonds is 6. The molecule has 32 heavy (non-hydrogen) atoms. The van der Waals surface area contributed by atoms with Crippen LogP contribution in [0.15, 0.2) is 55.0 Å². The van der Waals surface area contributed by atoms with Gasteiger partial charge in [0.25, 0.3) is 0 Å². The number of benzene rings is 1. The number of imidazole rings is 1. The lowest BCUT2D eigenvalue weighted by Crippen LogP contribution is -2.43. The van der Waals surface area contributed by atoms with Crippen molar-refractivity contribution in [1.82, 2.24) is 24.9 Å². The Labute approximate surface area is 189 Å². The summed E-state index contributed by atoms with van der Waals surface area (Å²) in [6.45, 7) is 2.07. The number of pyridine rings is 1. The molecule has 1 amide bonds. The van der Waals surface area contributed by atoms with Crippen molar-refractivity contribution in [3.63, 3.8) is 0 Å². The van der Waals surface area contributed by atoms with Crippen LogP contribution in [-0.4, -0.2) is 45.7 Å². The summed E-state index contributed by atoms with van der Waals surface area (Å²) in [4.78, 5) is 24.6. The molecule has 0 radical (unpaired) electrons. The third-order valence-electron chi connectivity index (χ3n) is 5.67. The minimum absolute atomic E-state index is 0.0495. The van der Waals surface area contributed by atoms with E-state index in [0.29, 0.717) is 13.1 Å². The van der Waals surface area contributed by atoms with Crippen LogP contribution in [0.3, 0.4) is 0 Å². The molecule has 9 heteroatoms. The summed E-state index contributed by atoms with van der Waals surface area (Å²) in [6.07, 6.45) is 7.30. The molecule has 1 atom stereocenters. The highest BCUT2D eigenvalue weighted by atomic mass is 32.1. The van der Waals surface area contributed by atoms with Gasteiger partial charge in [-0.3, -0.25) is 9.78 Å². The molecule has 0 unspecified atom stereocenters. The van der Waals surface area contributed by atoms with Gasteiger partial charge < -0.3 is 15.0 Å². The number of nitrogens with zero attached hydrogens (tertiary/aromatic N) is 5. The first-order chi connectivity index (χ1) is 15.7. The fourth-order valence-corrected chi connectivity index (χ4v) is 4.84. The van der Waals surface area contributed by atoms with E-state index in [2.05, 4.69) is 15.2 Å². The zero-order valence-corrected chi connectivity index (χ0v) is 18.6. The minimum atomic E-state index is -0.0495. The summed E-state index contributed by atoms with van der Waals surface area (Å²) in [5.74, 6) is 0.854. The Morgan fingerprint density at radius 2 is 2.16 bits per heavy atom. The summed E-state index contributed by atoms with van der Waals surface area (Å²) < 4.78 is 7.05. The second-order valence-corrected chi connectivity index (χ2v) is 8.77. The van der Waals surface area contributed by atoms with Crippen molar-refractivity contribution in [2.24, 2.45) is 5.92 Å². The lowest BCUT2D eigenvalue weighted by atomic mass is 9.97. The van der Waals surface area contributed by atoms with Gasteiger partial charge in [-0.05, 0) is 48.7 Å². The van der Waals surface area contributed by atoms with Crippen molar-refractivity contribution in [3.8, 4) is 17.0 Å². The molecule has 8 nitrogen and oxygen atoms in total. The van der Waals surface area contributed by atoms with Gasteiger partial charge in [0, 0.05) is 37.6 Å². The van der Waals surface area contributed by atoms with Gasteiger partial charge >= 0.3 is 0 Å². The van der Waals surface area contributed by atoms with Crippen LogP contribution in [0.4, 0.5) is 5.13 Å². The molecule has 5 rings (SSSR count). The summed E-state index contributed by atoms with van der Waals surface area (Å²) in [6, 6.07) is 11.7. The van der Waals surface area contributed by atoms with Gasteiger partial charge in [-0.25, -0.2) is 9.50 Å². The first-order valence-corrected chi connectivity index (χ1v) is 11.4. The Balaban J connectivity index is 1.25. The minimum Gasteiger partial charge on any atom is -0.497 e. The Bertz CT molecular complexity index is 1170. The Morgan fingerprint density at radius 1 is 1.28 bits per heavy atom. The first-order valence-electron chi connectivity index (χ1n) is 10.6.